The summed E-state index contributed by atoms with van der Waals surface area (Å²) in [4.78, 5) is 0. The Labute approximate surface area is 105 Å². The number of rotatable bonds is 2. The number of nitrogens with zero attached hydrogens (tertiary/aromatic N) is 2. The summed E-state index contributed by atoms with van der Waals surface area (Å²) in [6, 6.07) is 0. The summed E-state index contributed by atoms with van der Waals surface area (Å²) in [6.45, 7) is 13.2. The average molecular weight is 281 g/mol. The summed E-state index contributed by atoms with van der Waals surface area (Å²) in [6.07, 6.45) is 7.25. The third-order valence-corrected chi connectivity index (χ3v) is 2.34. The highest BCUT2D eigenvalue weighted by atomic mass is 79.9. The first-order valence-electron chi connectivity index (χ1n) is 5.15. The second kappa shape index (κ2) is 7.99. The van der Waals surface area contributed by atoms with Crippen LogP contribution in [0.4, 0.5) is 0 Å². The van der Waals surface area contributed by atoms with E-state index in [2.05, 4.69) is 39.3 Å². The molecule has 3 heteroatoms. The third kappa shape index (κ3) is 3.74. The molecule has 2 nitrogen and oxygen atoms in total. The van der Waals surface area contributed by atoms with Gasteiger partial charge in [0.1, 0.15) is 4.60 Å². The fourth-order valence-corrected chi connectivity index (χ4v) is 1.56. The van der Waals surface area contributed by atoms with Gasteiger partial charge >= 0.3 is 0 Å². The second-order valence-electron chi connectivity index (χ2n) is 2.71. The van der Waals surface area contributed by atoms with Crippen LogP contribution in [0.1, 0.15) is 19.5 Å². The molecule has 0 radical (unpaired) electrons. The van der Waals surface area contributed by atoms with Gasteiger partial charge in [-0.1, -0.05) is 51.3 Å². The van der Waals surface area contributed by atoms with Crippen LogP contribution in [0.5, 0.6) is 0 Å². The number of aromatic nitrogens is 2. The Morgan fingerprint density at radius 2 is 1.50 bits per heavy atom. The van der Waals surface area contributed by atoms with Crippen molar-refractivity contribution in [3.8, 4) is 0 Å². The van der Waals surface area contributed by atoms with Crippen molar-refractivity contribution >= 4 is 28.1 Å². The van der Waals surface area contributed by atoms with E-state index < -0.39 is 0 Å². The van der Waals surface area contributed by atoms with E-state index in [1.165, 1.54) is 0 Å². The van der Waals surface area contributed by atoms with E-state index in [0.29, 0.717) is 0 Å². The molecule has 1 rings (SSSR count). The quantitative estimate of drug-likeness (QED) is 0.832. The molecular weight excluding hydrogens is 264 g/mol. The highest BCUT2D eigenvalue weighted by molar-refractivity contribution is 9.10. The van der Waals surface area contributed by atoms with Crippen molar-refractivity contribution in [1.29, 1.82) is 0 Å². The lowest BCUT2D eigenvalue weighted by Crippen LogP contribution is -2.30. The van der Waals surface area contributed by atoms with Gasteiger partial charge in [0.15, 0.2) is 0 Å². The molecule has 0 atom stereocenters. The summed E-state index contributed by atoms with van der Waals surface area (Å²) in [5.41, 5.74) is 0.876. The predicted molar refractivity (Wildman–Crippen MR) is 74.4 cm³/mol. The van der Waals surface area contributed by atoms with Crippen LogP contribution in [0.15, 0.2) is 29.9 Å². The highest BCUT2D eigenvalue weighted by Gasteiger charge is 1.97. The first kappa shape index (κ1) is 14.8. The zero-order valence-electron chi connectivity index (χ0n) is 10.00. The van der Waals surface area contributed by atoms with Crippen molar-refractivity contribution < 1.29 is 0 Å². The molecule has 0 aliphatic heterocycles. The molecule has 16 heavy (non-hydrogen) atoms. The van der Waals surface area contributed by atoms with Gasteiger partial charge in [0.2, 0.25) is 0 Å². The molecule has 1 aromatic rings. The van der Waals surface area contributed by atoms with Crippen molar-refractivity contribution in [2.24, 2.45) is 0 Å². The first-order valence-corrected chi connectivity index (χ1v) is 5.94. The molecule has 1 aromatic heterocycles. The van der Waals surface area contributed by atoms with E-state index in [1.54, 1.807) is 12.2 Å². The molecule has 0 unspecified atom stereocenters. The standard InChI is InChI=1S/C11H11BrN2.C2H6/c1-4-6-9-8(3)13-14-11(12)10(9)7-5-2;1-2/h4-7H,1-2H2,3H3;1-2H3/b9-6-,10-7+;. The minimum Gasteiger partial charge on any atom is -0.154 e. The van der Waals surface area contributed by atoms with Crippen LogP contribution in [0.25, 0.3) is 12.2 Å². The van der Waals surface area contributed by atoms with E-state index in [-0.39, 0.29) is 0 Å². The Balaban J connectivity index is 0.00000106. The zero-order valence-corrected chi connectivity index (χ0v) is 11.6. The van der Waals surface area contributed by atoms with Gasteiger partial charge in [-0.15, -0.1) is 5.10 Å². The van der Waals surface area contributed by atoms with E-state index in [1.807, 2.05) is 32.9 Å². The maximum atomic E-state index is 4.01. The lowest BCUT2D eigenvalue weighted by atomic mass is 10.2. The molecule has 0 saturated carbocycles. The topological polar surface area (TPSA) is 25.8 Å². The van der Waals surface area contributed by atoms with Crippen molar-refractivity contribution in [3.63, 3.8) is 0 Å². The van der Waals surface area contributed by atoms with Gasteiger partial charge in [-0.2, -0.15) is 5.10 Å². The smallest absolute Gasteiger partial charge is 0.136 e. The predicted octanol–water partition coefficient (Wildman–Crippen LogP) is 2.51. The second-order valence-corrected chi connectivity index (χ2v) is 3.46. The number of hydrogen-bond acceptors (Lipinski definition) is 2. The Kier molecular flexibility index (Phi) is 7.38. The molecule has 0 spiro atoms. The monoisotopic (exact) mass is 280 g/mol. The van der Waals surface area contributed by atoms with Crippen LogP contribution in [-0.4, -0.2) is 10.2 Å². The summed E-state index contributed by atoms with van der Waals surface area (Å²) in [7, 11) is 0. The molecule has 0 amide bonds. The summed E-state index contributed by atoms with van der Waals surface area (Å²) in [5.74, 6) is 0. The Bertz CT molecular complexity index is 430. The van der Waals surface area contributed by atoms with E-state index in [4.69, 9.17) is 0 Å². The number of allylic oxidation sites excluding steroid dienone is 2. The van der Waals surface area contributed by atoms with E-state index in [9.17, 15) is 0 Å². The van der Waals surface area contributed by atoms with Gasteiger partial charge in [0, 0.05) is 10.4 Å². The fourth-order valence-electron chi connectivity index (χ4n) is 1.14. The molecule has 0 aliphatic carbocycles. The average Bonchev–Trinajstić information content (AvgIpc) is 2.31. The Morgan fingerprint density at radius 3 is 2.00 bits per heavy atom. The molecule has 0 saturated heterocycles. The van der Waals surface area contributed by atoms with Crippen LogP contribution in [-0.2, 0) is 0 Å². The molecule has 1 heterocycles. The van der Waals surface area contributed by atoms with Crippen molar-refractivity contribution in [2.45, 2.75) is 20.8 Å². The van der Waals surface area contributed by atoms with Crippen LogP contribution >= 0.6 is 15.9 Å². The van der Waals surface area contributed by atoms with Crippen LogP contribution < -0.4 is 10.4 Å². The fraction of sp³-hybridized carbons (Fsp3) is 0.231. The Hall–Kier alpha value is -1.22. The van der Waals surface area contributed by atoms with Crippen LogP contribution in [0, 0.1) is 6.92 Å². The molecule has 86 valence electrons. The Morgan fingerprint density at radius 1 is 1.00 bits per heavy atom. The van der Waals surface area contributed by atoms with Gasteiger partial charge in [-0.25, -0.2) is 0 Å². The number of aryl methyl sites for hydroxylation is 1. The normalized spacial score (nSPS) is 11.8. The molecule has 0 bridgehead atoms. The zero-order chi connectivity index (χ0) is 12.6. The summed E-state index contributed by atoms with van der Waals surface area (Å²) < 4.78 is 0.719. The minimum atomic E-state index is 0.719. The van der Waals surface area contributed by atoms with Crippen LogP contribution in [0.2, 0.25) is 0 Å². The number of hydrogen-bond donors (Lipinski definition) is 0. The highest BCUT2D eigenvalue weighted by Crippen LogP contribution is 1.93. The van der Waals surface area contributed by atoms with Gasteiger partial charge in [0.25, 0.3) is 0 Å². The molecule has 0 N–H and O–H groups in total. The van der Waals surface area contributed by atoms with Crippen molar-refractivity contribution in [3.05, 3.63) is 46.0 Å². The van der Waals surface area contributed by atoms with Gasteiger partial charge < -0.3 is 0 Å². The van der Waals surface area contributed by atoms with E-state index >= 15 is 0 Å². The lowest BCUT2D eigenvalue weighted by Gasteiger charge is -1.96. The maximum absolute atomic E-state index is 4.01. The summed E-state index contributed by atoms with van der Waals surface area (Å²) in [5, 5.41) is 9.98. The molecule has 0 aliphatic rings. The maximum Gasteiger partial charge on any atom is 0.136 e. The minimum absolute atomic E-state index is 0.719. The van der Waals surface area contributed by atoms with Gasteiger partial charge in [-0.3, -0.25) is 0 Å². The largest absolute Gasteiger partial charge is 0.154 e. The van der Waals surface area contributed by atoms with Gasteiger partial charge in [-0.05, 0) is 22.9 Å². The molecule has 0 aromatic carbocycles. The summed E-state index contributed by atoms with van der Waals surface area (Å²) >= 11 is 3.35. The molecule has 0 fully saturated rings. The number of halogens is 1. The third-order valence-electron chi connectivity index (χ3n) is 1.76. The SMILES string of the molecule is C=C/C=c1/c(C)nnc(Br)/c1=C/C=C.CC. The van der Waals surface area contributed by atoms with Crippen LogP contribution in [0.3, 0.4) is 0 Å². The molecular formula is C13H17BrN2. The van der Waals surface area contributed by atoms with Crippen molar-refractivity contribution in [2.75, 3.05) is 0 Å². The van der Waals surface area contributed by atoms with Crippen molar-refractivity contribution in [1.82, 2.24) is 10.2 Å². The lowest BCUT2D eigenvalue weighted by molar-refractivity contribution is 0.933. The van der Waals surface area contributed by atoms with E-state index in [0.717, 1.165) is 20.7 Å². The van der Waals surface area contributed by atoms with Gasteiger partial charge in [0.05, 0.1) is 5.69 Å². The first-order chi connectivity index (χ1) is 7.70.